The summed E-state index contributed by atoms with van der Waals surface area (Å²) in [5.41, 5.74) is -0.720. The van der Waals surface area contributed by atoms with E-state index in [0.717, 1.165) is 30.8 Å². The quantitative estimate of drug-likeness (QED) is 0.815. The van der Waals surface area contributed by atoms with Crippen molar-refractivity contribution in [3.8, 4) is 0 Å². The first kappa shape index (κ1) is 16.0. The second-order valence-electron chi connectivity index (χ2n) is 5.69. The number of carboxylic acid groups (broad SMARTS) is 1. The van der Waals surface area contributed by atoms with Crippen molar-refractivity contribution in [3.05, 3.63) is 0 Å². The van der Waals surface area contributed by atoms with Crippen LogP contribution in [0, 0.1) is 5.41 Å². The standard InChI is InChI=1S/C14H23NO3S2/c16-12(8-11-9-19-6-7-20-11)15-10-14(13(17)18)4-2-1-3-5-14/h11H,1-10H2,(H,15,16)(H,17,18). The molecular weight excluding hydrogens is 294 g/mol. The van der Waals surface area contributed by atoms with Gasteiger partial charge in [0.05, 0.1) is 5.41 Å². The molecular formula is C14H23NO3S2. The van der Waals surface area contributed by atoms with Crippen molar-refractivity contribution >= 4 is 35.4 Å². The van der Waals surface area contributed by atoms with Crippen LogP contribution in [0.1, 0.15) is 38.5 Å². The largest absolute Gasteiger partial charge is 0.481 e. The highest BCUT2D eigenvalue weighted by Crippen LogP contribution is 2.36. The van der Waals surface area contributed by atoms with Gasteiger partial charge in [-0.15, -0.1) is 0 Å². The maximum absolute atomic E-state index is 12.0. The van der Waals surface area contributed by atoms with Gasteiger partial charge in [-0.1, -0.05) is 19.3 Å². The number of rotatable bonds is 5. The SMILES string of the molecule is O=C(CC1CSCCS1)NCC1(C(=O)O)CCCCC1. The third kappa shape index (κ3) is 4.32. The minimum atomic E-state index is -0.750. The zero-order chi connectivity index (χ0) is 14.4. The average Bonchev–Trinajstić information content (AvgIpc) is 2.47. The lowest BCUT2D eigenvalue weighted by atomic mass is 9.74. The monoisotopic (exact) mass is 317 g/mol. The fourth-order valence-corrected chi connectivity index (χ4v) is 5.58. The number of amides is 1. The van der Waals surface area contributed by atoms with Crippen LogP contribution in [-0.4, -0.2) is 46.0 Å². The van der Waals surface area contributed by atoms with Crippen molar-refractivity contribution in [1.29, 1.82) is 0 Å². The van der Waals surface area contributed by atoms with Crippen molar-refractivity contribution in [2.75, 3.05) is 23.8 Å². The van der Waals surface area contributed by atoms with Gasteiger partial charge in [0.15, 0.2) is 0 Å². The molecule has 20 heavy (non-hydrogen) atoms. The molecule has 0 bridgehead atoms. The van der Waals surface area contributed by atoms with E-state index in [4.69, 9.17) is 0 Å². The molecule has 0 aromatic carbocycles. The molecule has 1 heterocycles. The lowest BCUT2D eigenvalue weighted by molar-refractivity contribution is -0.151. The van der Waals surface area contributed by atoms with Gasteiger partial charge < -0.3 is 10.4 Å². The Morgan fingerprint density at radius 3 is 2.55 bits per heavy atom. The van der Waals surface area contributed by atoms with E-state index in [1.807, 2.05) is 23.5 Å². The van der Waals surface area contributed by atoms with Gasteiger partial charge in [0.25, 0.3) is 0 Å². The Hall–Kier alpha value is -0.360. The second kappa shape index (κ2) is 7.59. The zero-order valence-corrected chi connectivity index (χ0v) is 13.4. The van der Waals surface area contributed by atoms with E-state index in [9.17, 15) is 14.7 Å². The van der Waals surface area contributed by atoms with E-state index >= 15 is 0 Å². The summed E-state index contributed by atoms with van der Waals surface area (Å²) in [5, 5.41) is 12.7. The summed E-state index contributed by atoms with van der Waals surface area (Å²) in [6, 6.07) is 0. The van der Waals surface area contributed by atoms with Crippen molar-refractivity contribution in [1.82, 2.24) is 5.32 Å². The molecule has 2 fully saturated rings. The van der Waals surface area contributed by atoms with E-state index in [1.54, 1.807) is 0 Å². The predicted octanol–water partition coefficient (Wildman–Crippen LogP) is 2.38. The highest BCUT2D eigenvalue weighted by molar-refractivity contribution is 8.06. The molecule has 0 spiro atoms. The van der Waals surface area contributed by atoms with Crippen LogP contribution in [0.2, 0.25) is 0 Å². The summed E-state index contributed by atoms with van der Waals surface area (Å²) in [6.07, 6.45) is 4.92. The van der Waals surface area contributed by atoms with Gasteiger partial charge in [0.2, 0.25) is 5.91 Å². The molecule has 0 aromatic rings. The van der Waals surface area contributed by atoms with Gasteiger partial charge in [-0.3, -0.25) is 9.59 Å². The fourth-order valence-electron chi connectivity index (χ4n) is 2.90. The Labute approximate surface area is 128 Å². The van der Waals surface area contributed by atoms with Crippen molar-refractivity contribution in [2.45, 2.75) is 43.8 Å². The Balaban J connectivity index is 1.79. The maximum Gasteiger partial charge on any atom is 0.311 e. The molecule has 0 aromatic heterocycles. The van der Waals surface area contributed by atoms with Crippen molar-refractivity contribution in [3.63, 3.8) is 0 Å². The molecule has 6 heteroatoms. The third-order valence-corrected chi connectivity index (χ3v) is 7.03. The molecule has 1 aliphatic carbocycles. The Morgan fingerprint density at radius 1 is 1.20 bits per heavy atom. The van der Waals surface area contributed by atoms with Crippen LogP contribution in [0.25, 0.3) is 0 Å². The van der Waals surface area contributed by atoms with Crippen molar-refractivity contribution in [2.24, 2.45) is 5.41 Å². The normalized spacial score (nSPS) is 25.9. The molecule has 4 nitrogen and oxygen atoms in total. The van der Waals surface area contributed by atoms with Crippen LogP contribution in [-0.2, 0) is 9.59 Å². The van der Waals surface area contributed by atoms with Gasteiger partial charge in [-0.05, 0) is 12.8 Å². The fraction of sp³-hybridized carbons (Fsp3) is 0.857. The number of hydrogen-bond donors (Lipinski definition) is 2. The molecule has 0 radical (unpaired) electrons. The van der Waals surface area contributed by atoms with E-state index < -0.39 is 11.4 Å². The number of carboxylic acids is 1. The molecule has 2 aliphatic rings. The first-order valence-electron chi connectivity index (χ1n) is 7.32. The predicted molar refractivity (Wildman–Crippen MR) is 84.4 cm³/mol. The minimum absolute atomic E-state index is 0.0104. The van der Waals surface area contributed by atoms with Gasteiger partial charge in [-0.25, -0.2) is 0 Å². The summed E-state index contributed by atoms with van der Waals surface area (Å²) in [7, 11) is 0. The highest BCUT2D eigenvalue weighted by atomic mass is 32.2. The number of thioether (sulfide) groups is 2. The minimum Gasteiger partial charge on any atom is -0.481 e. The molecule has 114 valence electrons. The lowest BCUT2D eigenvalue weighted by Crippen LogP contribution is -2.44. The summed E-state index contributed by atoms with van der Waals surface area (Å²) < 4.78 is 0. The second-order valence-corrected chi connectivity index (χ2v) is 8.25. The van der Waals surface area contributed by atoms with E-state index in [1.165, 1.54) is 5.75 Å². The van der Waals surface area contributed by atoms with Crippen molar-refractivity contribution < 1.29 is 14.7 Å². The van der Waals surface area contributed by atoms with Crippen LogP contribution < -0.4 is 5.32 Å². The number of nitrogens with one attached hydrogen (secondary N) is 1. The number of carbonyl (C=O) groups is 2. The summed E-state index contributed by atoms with van der Waals surface area (Å²) in [6.45, 7) is 0.297. The summed E-state index contributed by atoms with van der Waals surface area (Å²) in [5.74, 6) is 2.57. The molecule has 1 aliphatic heterocycles. The smallest absolute Gasteiger partial charge is 0.311 e. The maximum atomic E-state index is 12.0. The number of aliphatic carboxylic acids is 1. The van der Waals surface area contributed by atoms with Crippen LogP contribution in [0.3, 0.4) is 0 Å². The van der Waals surface area contributed by atoms with Crippen LogP contribution in [0.4, 0.5) is 0 Å². The molecule has 2 N–H and O–H groups in total. The first-order valence-corrected chi connectivity index (χ1v) is 9.52. The lowest BCUT2D eigenvalue weighted by Gasteiger charge is -2.33. The van der Waals surface area contributed by atoms with Gasteiger partial charge in [0, 0.05) is 35.5 Å². The van der Waals surface area contributed by atoms with E-state index in [0.29, 0.717) is 31.1 Å². The summed E-state index contributed by atoms with van der Waals surface area (Å²) in [4.78, 5) is 23.5. The Bertz CT molecular complexity index is 350. The molecule has 1 saturated carbocycles. The number of carbonyl (C=O) groups excluding carboxylic acids is 1. The summed E-state index contributed by atoms with van der Waals surface area (Å²) >= 11 is 3.76. The van der Waals surface area contributed by atoms with Gasteiger partial charge in [-0.2, -0.15) is 23.5 Å². The van der Waals surface area contributed by atoms with Gasteiger partial charge in [0.1, 0.15) is 0 Å². The highest BCUT2D eigenvalue weighted by Gasteiger charge is 2.39. The van der Waals surface area contributed by atoms with E-state index in [2.05, 4.69) is 5.32 Å². The number of hydrogen-bond acceptors (Lipinski definition) is 4. The van der Waals surface area contributed by atoms with E-state index in [-0.39, 0.29) is 5.91 Å². The van der Waals surface area contributed by atoms with Crippen LogP contribution in [0.5, 0.6) is 0 Å². The molecule has 1 unspecified atom stereocenters. The third-order valence-electron chi connectivity index (χ3n) is 4.19. The average molecular weight is 317 g/mol. The zero-order valence-electron chi connectivity index (χ0n) is 11.7. The molecule has 1 atom stereocenters. The van der Waals surface area contributed by atoms with Crippen LogP contribution >= 0.6 is 23.5 Å². The Morgan fingerprint density at radius 2 is 1.95 bits per heavy atom. The first-order chi connectivity index (χ1) is 9.62. The Kier molecular flexibility index (Phi) is 6.08. The van der Waals surface area contributed by atoms with Gasteiger partial charge >= 0.3 is 5.97 Å². The topological polar surface area (TPSA) is 66.4 Å². The molecule has 1 saturated heterocycles. The molecule has 2 rings (SSSR count). The molecule has 1 amide bonds. The van der Waals surface area contributed by atoms with Crippen LogP contribution in [0.15, 0.2) is 0 Å².